The number of hydrogen-bond acceptors (Lipinski definition) is 3. The van der Waals surface area contributed by atoms with E-state index in [0.29, 0.717) is 44.8 Å². The largest absolute Gasteiger partial charge is 0.481 e. The van der Waals surface area contributed by atoms with Crippen molar-refractivity contribution in [3.05, 3.63) is 0 Å². The molecule has 6 nitrogen and oxygen atoms in total. The Hall–Kier alpha value is -1.59. The number of carbonyl (C=O) groups is 3. The van der Waals surface area contributed by atoms with Crippen LogP contribution in [-0.2, 0) is 14.4 Å². The van der Waals surface area contributed by atoms with Crippen LogP contribution >= 0.6 is 0 Å². The van der Waals surface area contributed by atoms with Crippen molar-refractivity contribution in [2.24, 2.45) is 11.8 Å². The smallest absolute Gasteiger partial charge is 0.306 e. The topological polar surface area (TPSA) is 77.9 Å². The minimum Gasteiger partial charge on any atom is -0.481 e. The molecule has 0 aromatic rings. The number of nitrogens with zero attached hydrogens (tertiary/aromatic N) is 2. The summed E-state index contributed by atoms with van der Waals surface area (Å²) in [5.41, 5.74) is 0. The zero-order valence-corrected chi connectivity index (χ0v) is 11.2. The number of piperidine rings is 1. The highest BCUT2D eigenvalue weighted by Crippen LogP contribution is 2.19. The zero-order chi connectivity index (χ0) is 14.0. The first kappa shape index (κ1) is 13.8. The van der Waals surface area contributed by atoms with Crippen molar-refractivity contribution in [3.63, 3.8) is 0 Å². The van der Waals surface area contributed by atoms with Gasteiger partial charge in [-0.25, -0.2) is 0 Å². The molecular formula is C13H20N2O4. The van der Waals surface area contributed by atoms with E-state index in [1.54, 1.807) is 9.80 Å². The normalized spacial score (nSPS) is 24.9. The monoisotopic (exact) mass is 268 g/mol. The van der Waals surface area contributed by atoms with Gasteiger partial charge >= 0.3 is 5.97 Å². The van der Waals surface area contributed by atoms with Gasteiger partial charge in [-0.15, -0.1) is 0 Å². The van der Waals surface area contributed by atoms with Gasteiger partial charge in [-0.2, -0.15) is 0 Å². The Morgan fingerprint density at radius 1 is 1.32 bits per heavy atom. The third kappa shape index (κ3) is 3.24. The first-order valence-corrected chi connectivity index (χ1v) is 6.75. The Bertz CT molecular complexity index is 388. The molecule has 19 heavy (non-hydrogen) atoms. The average Bonchev–Trinajstić information content (AvgIpc) is 2.68. The Balaban J connectivity index is 1.82. The molecule has 2 aliphatic rings. The van der Waals surface area contributed by atoms with E-state index < -0.39 is 5.97 Å². The Kier molecular flexibility index (Phi) is 4.07. The summed E-state index contributed by atoms with van der Waals surface area (Å²) in [5, 5.41) is 8.90. The standard InChI is InChI=1S/C13H20N2O4/c1-9-6-11(16)15(7-9)8-12(17)14-4-2-10(3-5-14)13(18)19/h9-10H,2-8H2,1H3,(H,18,19). The van der Waals surface area contributed by atoms with E-state index in [4.69, 9.17) is 5.11 Å². The second-order valence-corrected chi connectivity index (χ2v) is 5.58. The predicted octanol–water partition coefficient (Wildman–Crippen LogP) is 0.178. The Labute approximate surface area is 112 Å². The van der Waals surface area contributed by atoms with Gasteiger partial charge in [-0.05, 0) is 18.8 Å². The van der Waals surface area contributed by atoms with E-state index in [1.165, 1.54) is 0 Å². The van der Waals surface area contributed by atoms with Crippen molar-refractivity contribution in [2.75, 3.05) is 26.2 Å². The molecule has 0 aliphatic carbocycles. The molecule has 1 atom stereocenters. The van der Waals surface area contributed by atoms with E-state index in [-0.39, 0.29) is 24.3 Å². The molecule has 0 aromatic heterocycles. The van der Waals surface area contributed by atoms with Gasteiger partial charge in [0.25, 0.3) is 0 Å². The van der Waals surface area contributed by atoms with Crippen molar-refractivity contribution in [1.29, 1.82) is 0 Å². The number of carbonyl (C=O) groups excluding carboxylic acids is 2. The SMILES string of the molecule is CC1CC(=O)N(CC(=O)N2CCC(C(=O)O)CC2)C1. The number of carboxylic acid groups (broad SMARTS) is 1. The van der Waals surface area contributed by atoms with Crippen LogP contribution in [0.3, 0.4) is 0 Å². The molecule has 2 saturated heterocycles. The predicted molar refractivity (Wildman–Crippen MR) is 67.3 cm³/mol. The highest BCUT2D eigenvalue weighted by Gasteiger charge is 2.31. The first-order chi connectivity index (χ1) is 8.97. The molecule has 2 rings (SSSR count). The van der Waals surface area contributed by atoms with Crippen LogP contribution in [0.15, 0.2) is 0 Å². The van der Waals surface area contributed by atoms with Crippen LogP contribution in [0.1, 0.15) is 26.2 Å². The molecular weight excluding hydrogens is 248 g/mol. The molecule has 0 aromatic carbocycles. The van der Waals surface area contributed by atoms with Crippen LogP contribution in [0.25, 0.3) is 0 Å². The summed E-state index contributed by atoms with van der Waals surface area (Å²) in [7, 11) is 0. The van der Waals surface area contributed by atoms with Gasteiger partial charge in [0.05, 0.1) is 12.5 Å². The fraction of sp³-hybridized carbons (Fsp3) is 0.769. The number of likely N-dealkylation sites (tertiary alicyclic amines) is 2. The lowest BCUT2D eigenvalue weighted by Crippen LogP contribution is -2.45. The Morgan fingerprint density at radius 3 is 2.42 bits per heavy atom. The number of hydrogen-bond donors (Lipinski definition) is 1. The molecule has 0 spiro atoms. The molecule has 2 heterocycles. The fourth-order valence-corrected chi connectivity index (χ4v) is 2.76. The van der Waals surface area contributed by atoms with Gasteiger partial charge in [0, 0.05) is 26.1 Å². The lowest BCUT2D eigenvalue weighted by molar-refractivity contribution is -0.146. The summed E-state index contributed by atoms with van der Waals surface area (Å²) in [6.45, 7) is 3.75. The van der Waals surface area contributed by atoms with Crippen LogP contribution in [0.5, 0.6) is 0 Å². The number of amides is 2. The summed E-state index contributed by atoms with van der Waals surface area (Å²) in [6.07, 6.45) is 1.53. The van der Waals surface area contributed by atoms with Crippen molar-refractivity contribution in [1.82, 2.24) is 9.80 Å². The second-order valence-electron chi connectivity index (χ2n) is 5.58. The van der Waals surface area contributed by atoms with Gasteiger partial charge < -0.3 is 14.9 Å². The maximum Gasteiger partial charge on any atom is 0.306 e. The molecule has 0 saturated carbocycles. The number of aliphatic carboxylic acids is 1. The van der Waals surface area contributed by atoms with Crippen molar-refractivity contribution in [2.45, 2.75) is 26.2 Å². The van der Waals surface area contributed by atoms with Crippen molar-refractivity contribution >= 4 is 17.8 Å². The molecule has 0 radical (unpaired) electrons. The minimum absolute atomic E-state index is 0.0428. The summed E-state index contributed by atoms with van der Waals surface area (Å²) in [4.78, 5) is 37.8. The Morgan fingerprint density at radius 2 is 1.95 bits per heavy atom. The van der Waals surface area contributed by atoms with E-state index >= 15 is 0 Å². The molecule has 0 bridgehead atoms. The summed E-state index contributed by atoms with van der Waals surface area (Å²) in [6, 6.07) is 0. The van der Waals surface area contributed by atoms with Crippen molar-refractivity contribution in [3.8, 4) is 0 Å². The van der Waals surface area contributed by atoms with Crippen LogP contribution in [0.2, 0.25) is 0 Å². The van der Waals surface area contributed by atoms with Crippen molar-refractivity contribution < 1.29 is 19.5 Å². The second kappa shape index (κ2) is 5.59. The zero-order valence-electron chi connectivity index (χ0n) is 11.2. The molecule has 2 amide bonds. The lowest BCUT2D eigenvalue weighted by Gasteiger charge is -2.31. The molecule has 6 heteroatoms. The van der Waals surface area contributed by atoms with Crippen LogP contribution in [0.4, 0.5) is 0 Å². The fourth-order valence-electron chi connectivity index (χ4n) is 2.76. The maximum atomic E-state index is 12.1. The van der Waals surface area contributed by atoms with E-state index in [1.807, 2.05) is 6.92 Å². The molecule has 1 N–H and O–H groups in total. The maximum absolute atomic E-state index is 12.1. The van der Waals surface area contributed by atoms with Crippen LogP contribution < -0.4 is 0 Å². The van der Waals surface area contributed by atoms with E-state index in [9.17, 15) is 14.4 Å². The third-order valence-corrected chi connectivity index (χ3v) is 3.93. The summed E-state index contributed by atoms with van der Waals surface area (Å²) in [5.74, 6) is -0.821. The van der Waals surface area contributed by atoms with Crippen LogP contribution in [0, 0.1) is 11.8 Å². The van der Waals surface area contributed by atoms with Gasteiger partial charge in [0.15, 0.2) is 0 Å². The first-order valence-electron chi connectivity index (χ1n) is 6.75. The van der Waals surface area contributed by atoms with E-state index in [2.05, 4.69) is 0 Å². The number of rotatable bonds is 3. The third-order valence-electron chi connectivity index (χ3n) is 3.93. The molecule has 1 unspecified atom stereocenters. The highest BCUT2D eigenvalue weighted by atomic mass is 16.4. The van der Waals surface area contributed by atoms with Gasteiger partial charge in [-0.3, -0.25) is 14.4 Å². The van der Waals surface area contributed by atoms with Gasteiger partial charge in [0.1, 0.15) is 0 Å². The lowest BCUT2D eigenvalue weighted by atomic mass is 9.97. The summed E-state index contributed by atoms with van der Waals surface area (Å²) >= 11 is 0. The van der Waals surface area contributed by atoms with Gasteiger partial charge in [-0.1, -0.05) is 6.92 Å². The molecule has 2 aliphatic heterocycles. The highest BCUT2D eigenvalue weighted by molar-refractivity contribution is 5.86. The quantitative estimate of drug-likeness (QED) is 0.792. The average molecular weight is 268 g/mol. The molecule has 2 fully saturated rings. The van der Waals surface area contributed by atoms with Gasteiger partial charge in [0.2, 0.25) is 11.8 Å². The van der Waals surface area contributed by atoms with Crippen LogP contribution in [-0.4, -0.2) is 58.9 Å². The minimum atomic E-state index is -0.782. The summed E-state index contributed by atoms with van der Waals surface area (Å²) < 4.78 is 0. The number of carboxylic acids is 1. The molecule has 106 valence electrons. The van der Waals surface area contributed by atoms with E-state index in [0.717, 1.165) is 0 Å².